The highest BCUT2D eigenvalue weighted by atomic mass is 127. The Kier molecular flexibility index (Phi) is 9.42. The SMILES string of the molecule is CCNC(=NCC1(CS(C)(=O)=O)CC1)N1CCN(C(CC)c2ccccc2)CC1.I. The molecule has 0 amide bonds. The number of benzene rings is 1. The zero-order valence-electron chi connectivity index (χ0n) is 18.5. The second kappa shape index (κ2) is 11.1. The second-order valence-corrected chi connectivity index (χ2v) is 10.7. The molecular weight excluding hydrogens is 511 g/mol. The summed E-state index contributed by atoms with van der Waals surface area (Å²) in [6.45, 7) is 9.65. The maximum atomic E-state index is 11.7. The van der Waals surface area contributed by atoms with E-state index in [0.29, 0.717) is 12.6 Å². The van der Waals surface area contributed by atoms with Crippen LogP contribution in [-0.2, 0) is 9.84 Å². The van der Waals surface area contributed by atoms with Crippen molar-refractivity contribution in [3.63, 3.8) is 0 Å². The Balaban J connectivity index is 0.00000320. The molecule has 0 radical (unpaired) electrons. The van der Waals surface area contributed by atoms with E-state index >= 15 is 0 Å². The van der Waals surface area contributed by atoms with Gasteiger partial charge in [0.1, 0.15) is 9.84 Å². The van der Waals surface area contributed by atoms with E-state index in [1.807, 2.05) is 0 Å². The minimum Gasteiger partial charge on any atom is -0.357 e. The van der Waals surface area contributed by atoms with Crippen molar-refractivity contribution in [3.05, 3.63) is 35.9 Å². The van der Waals surface area contributed by atoms with Gasteiger partial charge in [-0.25, -0.2) is 8.42 Å². The quantitative estimate of drug-likeness (QED) is 0.307. The number of piperazine rings is 1. The molecule has 1 N–H and O–H groups in total. The highest BCUT2D eigenvalue weighted by Crippen LogP contribution is 2.47. The summed E-state index contributed by atoms with van der Waals surface area (Å²) in [4.78, 5) is 9.75. The van der Waals surface area contributed by atoms with Gasteiger partial charge in [0.2, 0.25) is 0 Å². The predicted molar refractivity (Wildman–Crippen MR) is 135 cm³/mol. The van der Waals surface area contributed by atoms with Crippen LogP contribution in [0.4, 0.5) is 0 Å². The summed E-state index contributed by atoms with van der Waals surface area (Å²) in [7, 11) is -2.96. The van der Waals surface area contributed by atoms with Crippen LogP contribution in [0, 0.1) is 5.41 Å². The van der Waals surface area contributed by atoms with Crippen LogP contribution in [0.2, 0.25) is 0 Å². The fourth-order valence-electron chi connectivity index (χ4n) is 4.37. The van der Waals surface area contributed by atoms with Crippen LogP contribution in [-0.4, -0.2) is 75.5 Å². The Bertz CT molecular complexity index is 789. The molecule has 1 saturated carbocycles. The molecule has 0 bridgehead atoms. The summed E-state index contributed by atoms with van der Waals surface area (Å²) in [5, 5.41) is 3.41. The van der Waals surface area contributed by atoms with E-state index in [-0.39, 0.29) is 35.1 Å². The number of guanidine groups is 1. The third-order valence-electron chi connectivity index (χ3n) is 6.05. The molecule has 1 aromatic carbocycles. The maximum absolute atomic E-state index is 11.7. The number of aliphatic imine (C=N–C) groups is 1. The van der Waals surface area contributed by atoms with Gasteiger partial charge in [0, 0.05) is 57.0 Å². The molecule has 0 aromatic heterocycles. The zero-order chi connectivity index (χ0) is 20.9. The van der Waals surface area contributed by atoms with Crippen LogP contribution in [0.5, 0.6) is 0 Å². The molecule has 170 valence electrons. The Morgan fingerprint density at radius 3 is 2.27 bits per heavy atom. The number of hydrogen-bond donors (Lipinski definition) is 1. The van der Waals surface area contributed by atoms with Gasteiger partial charge >= 0.3 is 0 Å². The van der Waals surface area contributed by atoms with Crippen LogP contribution in [0.15, 0.2) is 35.3 Å². The van der Waals surface area contributed by atoms with Crippen LogP contribution in [0.1, 0.15) is 44.7 Å². The van der Waals surface area contributed by atoms with Crippen molar-refractivity contribution in [1.82, 2.24) is 15.1 Å². The third kappa shape index (κ3) is 7.09. The van der Waals surface area contributed by atoms with Gasteiger partial charge in [-0.2, -0.15) is 0 Å². The first-order valence-electron chi connectivity index (χ1n) is 10.9. The lowest BCUT2D eigenvalue weighted by Gasteiger charge is -2.40. The third-order valence-corrected chi connectivity index (χ3v) is 7.19. The standard InChI is InChI=1S/C22H36N4O2S.HI/c1-4-20(19-9-7-6-8-10-19)25-13-15-26(16-14-25)21(23-5-2)24-17-22(11-12-22)18-29(3,27)28;/h6-10,20H,4-5,11-18H2,1-3H3,(H,23,24);1H. The minimum atomic E-state index is -2.96. The van der Waals surface area contributed by atoms with Crippen LogP contribution < -0.4 is 5.32 Å². The van der Waals surface area contributed by atoms with Crippen molar-refractivity contribution >= 4 is 39.8 Å². The van der Waals surface area contributed by atoms with Gasteiger partial charge in [-0.3, -0.25) is 9.89 Å². The van der Waals surface area contributed by atoms with Gasteiger partial charge in [0.05, 0.1) is 5.75 Å². The zero-order valence-corrected chi connectivity index (χ0v) is 21.7. The lowest BCUT2D eigenvalue weighted by molar-refractivity contribution is 0.127. The molecule has 0 spiro atoms. The molecule has 3 rings (SSSR count). The largest absolute Gasteiger partial charge is 0.357 e. The van der Waals surface area contributed by atoms with Crippen molar-refractivity contribution in [2.45, 2.75) is 39.2 Å². The lowest BCUT2D eigenvalue weighted by Crippen LogP contribution is -2.53. The molecule has 2 fully saturated rings. The van der Waals surface area contributed by atoms with Gasteiger partial charge in [0.25, 0.3) is 0 Å². The molecule has 8 heteroatoms. The normalized spacial score (nSPS) is 20.4. The molecule has 6 nitrogen and oxygen atoms in total. The average molecular weight is 549 g/mol. The van der Waals surface area contributed by atoms with Gasteiger partial charge in [-0.1, -0.05) is 37.3 Å². The maximum Gasteiger partial charge on any atom is 0.194 e. The van der Waals surface area contributed by atoms with E-state index in [0.717, 1.165) is 57.9 Å². The van der Waals surface area contributed by atoms with Crippen molar-refractivity contribution < 1.29 is 8.42 Å². The number of nitrogens with zero attached hydrogens (tertiary/aromatic N) is 3. The average Bonchev–Trinajstić information content (AvgIpc) is 3.45. The molecular formula is C22H37IN4O2S. The van der Waals surface area contributed by atoms with E-state index in [4.69, 9.17) is 4.99 Å². The number of sulfone groups is 1. The fourth-order valence-corrected chi connectivity index (χ4v) is 5.87. The van der Waals surface area contributed by atoms with E-state index < -0.39 is 9.84 Å². The Labute approximate surface area is 199 Å². The monoisotopic (exact) mass is 548 g/mol. The Morgan fingerprint density at radius 1 is 1.13 bits per heavy atom. The number of hydrogen-bond acceptors (Lipinski definition) is 4. The molecule has 2 aliphatic rings. The van der Waals surface area contributed by atoms with Crippen molar-refractivity contribution in [2.75, 3.05) is 51.3 Å². The first-order valence-corrected chi connectivity index (χ1v) is 12.9. The van der Waals surface area contributed by atoms with E-state index in [1.165, 1.54) is 11.8 Å². The minimum absolute atomic E-state index is 0. The van der Waals surface area contributed by atoms with Gasteiger partial charge in [-0.05, 0) is 31.7 Å². The topological polar surface area (TPSA) is 65.0 Å². The molecule has 30 heavy (non-hydrogen) atoms. The smallest absolute Gasteiger partial charge is 0.194 e. The molecule has 1 heterocycles. The summed E-state index contributed by atoms with van der Waals surface area (Å²) >= 11 is 0. The Hall–Kier alpha value is -0.870. The summed E-state index contributed by atoms with van der Waals surface area (Å²) in [6, 6.07) is 11.2. The number of rotatable bonds is 8. The second-order valence-electron chi connectivity index (χ2n) is 8.60. The number of halogens is 1. The highest BCUT2D eigenvalue weighted by Gasteiger charge is 2.45. The summed E-state index contributed by atoms with van der Waals surface area (Å²) in [6.07, 6.45) is 4.36. The predicted octanol–water partition coefficient (Wildman–Crippen LogP) is 3.16. The fraction of sp³-hybridized carbons (Fsp3) is 0.682. The van der Waals surface area contributed by atoms with Crippen molar-refractivity contribution in [1.29, 1.82) is 0 Å². The highest BCUT2D eigenvalue weighted by molar-refractivity contribution is 14.0. The Morgan fingerprint density at radius 2 is 1.77 bits per heavy atom. The van der Waals surface area contributed by atoms with Crippen molar-refractivity contribution in [2.24, 2.45) is 10.4 Å². The van der Waals surface area contributed by atoms with Crippen LogP contribution in [0.25, 0.3) is 0 Å². The lowest BCUT2D eigenvalue weighted by atomic mass is 10.0. The van der Waals surface area contributed by atoms with E-state index in [2.05, 4.69) is 59.3 Å². The summed E-state index contributed by atoms with van der Waals surface area (Å²) < 4.78 is 23.4. The van der Waals surface area contributed by atoms with E-state index in [1.54, 1.807) is 0 Å². The first-order chi connectivity index (χ1) is 13.9. The van der Waals surface area contributed by atoms with Crippen LogP contribution in [0.3, 0.4) is 0 Å². The first kappa shape index (κ1) is 25.4. The van der Waals surface area contributed by atoms with Crippen LogP contribution >= 0.6 is 24.0 Å². The summed E-state index contributed by atoms with van der Waals surface area (Å²) in [5.74, 6) is 1.19. The molecule has 1 saturated heterocycles. The molecule has 1 unspecified atom stereocenters. The summed E-state index contributed by atoms with van der Waals surface area (Å²) in [5.41, 5.74) is 1.26. The van der Waals surface area contributed by atoms with Crippen molar-refractivity contribution in [3.8, 4) is 0 Å². The molecule has 1 atom stereocenters. The van der Waals surface area contributed by atoms with Gasteiger partial charge in [0.15, 0.2) is 5.96 Å². The van der Waals surface area contributed by atoms with Gasteiger partial charge in [-0.15, -0.1) is 24.0 Å². The molecule has 1 aliphatic carbocycles. The van der Waals surface area contributed by atoms with E-state index in [9.17, 15) is 8.42 Å². The molecule has 1 aromatic rings. The number of nitrogens with one attached hydrogen (secondary N) is 1. The van der Waals surface area contributed by atoms with Gasteiger partial charge < -0.3 is 10.2 Å². The molecule has 1 aliphatic heterocycles.